The molecule has 0 amide bonds. The Balaban J connectivity index is 1.59. The first kappa shape index (κ1) is 20.6. The Morgan fingerprint density at radius 2 is 1.31 bits per heavy atom. The van der Waals surface area contributed by atoms with Crippen molar-refractivity contribution >= 4 is 34.2 Å². The van der Waals surface area contributed by atoms with E-state index in [1.807, 2.05) is 0 Å². The zero-order valence-corrected chi connectivity index (χ0v) is 16.6. The summed E-state index contributed by atoms with van der Waals surface area (Å²) in [6.45, 7) is 0.563. The minimum Gasteiger partial charge on any atom is -0.363 e. The number of non-ortho nitro benzene ring substituents is 2. The molecule has 4 aromatic rings. The minimum absolute atomic E-state index is 0.000386. The molecule has 0 fully saturated rings. The van der Waals surface area contributed by atoms with Crippen LogP contribution in [0, 0.1) is 20.2 Å². The van der Waals surface area contributed by atoms with E-state index in [0.717, 1.165) is 0 Å². The molecule has 32 heavy (non-hydrogen) atoms. The van der Waals surface area contributed by atoms with Gasteiger partial charge in [-0.2, -0.15) is 0 Å². The van der Waals surface area contributed by atoms with Gasteiger partial charge < -0.3 is 10.6 Å². The maximum absolute atomic E-state index is 11.0. The van der Waals surface area contributed by atoms with Crippen molar-refractivity contribution in [1.82, 2.24) is 15.0 Å². The van der Waals surface area contributed by atoms with Gasteiger partial charge in [-0.25, -0.2) is 15.0 Å². The fourth-order valence-electron chi connectivity index (χ4n) is 3.07. The number of hydrogen-bond donors (Lipinski definition) is 2. The Bertz CT molecular complexity index is 1210. The standard InChI is InChI=1S/C21H17N7O4/c29-27(30)16-6-1-4-14(10-16)12-23-20-21(26-19-18(25-20)8-3-9-22-19)24-13-15-5-2-7-17(11-15)28(31)32/h1-11H,12-13H2,(H,23,25)(H,22,24,26). The molecule has 0 saturated heterocycles. The van der Waals surface area contributed by atoms with Crippen LogP contribution in [0.25, 0.3) is 11.2 Å². The van der Waals surface area contributed by atoms with E-state index in [4.69, 9.17) is 0 Å². The fraction of sp³-hybridized carbons (Fsp3) is 0.0952. The van der Waals surface area contributed by atoms with Crippen LogP contribution in [0.2, 0.25) is 0 Å². The third-order valence-corrected chi connectivity index (χ3v) is 4.60. The van der Waals surface area contributed by atoms with Gasteiger partial charge >= 0.3 is 0 Å². The average molecular weight is 431 g/mol. The number of anilines is 2. The summed E-state index contributed by atoms with van der Waals surface area (Å²) in [6, 6.07) is 16.1. The van der Waals surface area contributed by atoms with E-state index >= 15 is 0 Å². The van der Waals surface area contributed by atoms with Gasteiger partial charge in [0.05, 0.1) is 9.85 Å². The van der Waals surface area contributed by atoms with Crippen LogP contribution in [-0.4, -0.2) is 24.8 Å². The van der Waals surface area contributed by atoms with Crippen LogP contribution in [0.3, 0.4) is 0 Å². The quantitative estimate of drug-likeness (QED) is 0.311. The zero-order chi connectivity index (χ0) is 22.5. The highest BCUT2D eigenvalue weighted by Crippen LogP contribution is 2.23. The first-order valence-corrected chi connectivity index (χ1v) is 9.57. The summed E-state index contributed by atoms with van der Waals surface area (Å²) in [7, 11) is 0. The minimum atomic E-state index is -0.449. The van der Waals surface area contributed by atoms with E-state index in [1.54, 1.807) is 42.6 Å². The number of benzene rings is 2. The lowest BCUT2D eigenvalue weighted by molar-refractivity contribution is -0.385. The van der Waals surface area contributed by atoms with Crippen molar-refractivity contribution in [3.63, 3.8) is 0 Å². The Kier molecular flexibility index (Phi) is 5.79. The number of nitro benzene ring substituents is 2. The average Bonchev–Trinajstić information content (AvgIpc) is 2.81. The van der Waals surface area contributed by atoms with Gasteiger partial charge in [0, 0.05) is 43.6 Å². The Morgan fingerprint density at radius 3 is 1.88 bits per heavy atom. The van der Waals surface area contributed by atoms with Crippen molar-refractivity contribution in [2.45, 2.75) is 13.1 Å². The molecule has 2 heterocycles. The fourth-order valence-corrected chi connectivity index (χ4v) is 3.07. The Morgan fingerprint density at radius 1 is 0.750 bits per heavy atom. The number of aromatic nitrogens is 3. The summed E-state index contributed by atoms with van der Waals surface area (Å²) >= 11 is 0. The van der Waals surface area contributed by atoms with E-state index in [0.29, 0.717) is 33.9 Å². The molecule has 0 radical (unpaired) electrons. The highest BCUT2D eigenvalue weighted by molar-refractivity contribution is 5.77. The van der Waals surface area contributed by atoms with Gasteiger partial charge in [0.25, 0.3) is 11.4 Å². The first-order valence-electron chi connectivity index (χ1n) is 9.57. The van der Waals surface area contributed by atoms with Gasteiger partial charge in [-0.05, 0) is 23.3 Å². The molecule has 0 aliphatic carbocycles. The zero-order valence-electron chi connectivity index (χ0n) is 16.6. The highest BCUT2D eigenvalue weighted by atomic mass is 16.6. The predicted molar refractivity (Wildman–Crippen MR) is 118 cm³/mol. The van der Waals surface area contributed by atoms with Crippen LogP contribution in [0.5, 0.6) is 0 Å². The van der Waals surface area contributed by atoms with E-state index in [1.165, 1.54) is 24.3 Å². The number of fused-ring (bicyclic) bond motifs is 1. The second-order valence-corrected chi connectivity index (χ2v) is 6.83. The molecule has 2 aromatic heterocycles. The number of nitrogens with zero attached hydrogens (tertiary/aromatic N) is 5. The molecule has 4 rings (SSSR count). The molecule has 0 spiro atoms. The van der Waals surface area contributed by atoms with Crippen molar-refractivity contribution < 1.29 is 9.85 Å². The molecule has 0 atom stereocenters. The summed E-state index contributed by atoms with van der Waals surface area (Å²) in [5.74, 6) is 0.843. The molecule has 0 unspecified atom stereocenters. The van der Waals surface area contributed by atoms with Crippen molar-refractivity contribution in [2.75, 3.05) is 10.6 Å². The molecule has 11 heteroatoms. The number of pyridine rings is 1. The van der Waals surface area contributed by atoms with Gasteiger partial charge in [0.15, 0.2) is 17.3 Å². The highest BCUT2D eigenvalue weighted by Gasteiger charge is 2.12. The molecule has 11 nitrogen and oxygen atoms in total. The van der Waals surface area contributed by atoms with E-state index in [2.05, 4.69) is 25.6 Å². The second kappa shape index (κ2) is 9.00. The summed E-state index contributed by atoms with van der Waals surface area (Å²) < 4.78 is 0. The lowest BCUT2D eigenvalue weighted by atomic mass is 10.2. The van der Waals surface area contributed by atoms with Crippen LogP contribution in [0.4, 0.5) is 23.0 Å². The maximum Gasteiger partial charge on any atom is 0.269 e. The van der Waals surface area contributed by atoms with Gasteiger partial charge in [-0.1, -0.05) is 24.3 Å². The van der Waals surface area contributed by atoms with Crippen molar-refractivity contribution in [3.05, 3.63) is 98.2 Å². The summed E-state index contributed by atoms with van der Waals surface area (Å²) in [5, 5.41) is 28.3. The molecule has 0 saturated carbocycles. The van der Waals surface area contributed by atoms with Gasteiger partial charge in [0.1, 0.15) is 5.52 Å². The van der Waals surface area contributed by atoms with E-state index in [-0.39, 0.29) is 24.5 Å². The lowest BCUT2D eigenvalue weighted by Gasteiger charge is -2.13. The van der Waals surface area contributed by atoms with Crippen LogP contribution in [0.1, 0.15) is 11.1 Å². The number of rotatable bonds is 8. The predicted octanol–water partition coefficient (Wildman–Crippen LogP) is 4.07. The largest absolute Gasteiger partial charge is 0.363 e. The smallest absolute Gasteiger partial charge is 0.269 e. The Hall–Kier alpha value is -4.67. The summed E-state index contributed by atoms with van der Waals surface area (Å²) in [5.41, 5.74) is 2.43. The Labute approximate surface area is 181 Å². The van der Waals surface area contributed by atoms with Gasteiger partial charge in [-0.3, -0.25) is 20.2 Å². The molecule has 2 aromatic carbocycles. The van der Waals surface area contributed by atoms with E-state index < -0.39 is 9.85 Å². The van der Waals surface area contributed by atoms with E-state index in [9.17, 15) is 20.2 Å². The molecule has 2 N–H and O–H groups in total. The van der Waals surface area contributed by atoms with Gasteiger partial charge in [-0.15, -0.1) is 0 Å². The molecule has 160 valence electrons. The summed E-state index contributed by atoms with van der Waals surface area (Å²) in [6.07, 6.45) is 1.61. The maximum atomic E-state index is 11.0. The molecular weight excluding hydrogens is 414 g/mol. The SMILES string of the molecule is O=[N+]([O-])c1cccc(CNc2nc3cccnc3nc2NCc2cccc([N+](=O)[O-])c2)c1. The first-order chi connectivity index (χ1) is 15.5. The number of nitro groups is 2. The lowest BCUT2D eigenvalue weighted by Crippen LogP contribution is -2.10. The van der Waals surface area contributed by atoms with Crippen molar-refractivity contribution in [2.24, 2.45) is 0 Å². The van der Waals surface area contributed by atoms with Crippen LogP contribution in [0.15, 0.2) is 66.9 Å². The van der Waals surface area contributed by atoms with Crippen LogP contribution in [-0.2, 0) is 13.1 Å². The number of nitrogens with one attached hydrogen (secondary N) is 2. The second-order valence-electron chi connectivity index (χ2n) is 6.83. The van der Waals surface area contributed by atoms with Gasteiger partial charge in [0.2, 0.25) is 0 Å². The normalized spacial score (nSPS) is 10.6. The number of hydrogen-bond acceptors (Lipinski definition) is 9. The van der Waals surface area contributed by atoms with Crippen LogP contribution < -0.4 is 10.6 Å². The summed E-state index contributed by atoms with van der Waals surface area (Å²) in [4.78, 5) is 34.4. The van der Waals surface area contributed by atoms with Crippen LogP contribution >= 0.6 is 0 Å². The monoisotopic (exact) mass is 431 g/mol. The molecule has 0 aliphatic rings. The molecule has 0 bridgehead atoms. The molecular formula is C21H17N7O4. The third kappa shape index (κ3) is 4.73. The molecule has 0 aliphatic heterocycles. The topological polar surface area (TPSA) is 149 Å². The van der Waals surface area contributed by atoms with Crippen molar-refractivity contribution in [1.29, 1.82) is 0 Å². The third-order valence-electron chi connectivity index (χ3n) is 4.60. The van der Waals surface area contributed by atoms with Crippen molar-refractivity contribution in [3.8, 4) is 0 Å².